The van der Waals surface area contributed by atoms with Crippen LogP contribution in [0.4, 0.5) is 0 Å². The molecule has 1 aliphatic rings. The van der Waals surface area contributed by atoms with Gasteiger partial charge in [0.2, 0.25) is 10.0 Å². The summed E-state index contributed by atoms with van der Waals surface area (Å²) in [6.45, 7) is 7.30. The van der Waals surface area contributed by atoms with Gasteiger partial charge in [0, 0.05) is 19.1 Å². The van der Waals surface area contributed by atoms with Crippen LogP contribution < -0.4 is 5.73 Å². The molecule has 2 rings (SSSR count). The highest BCUT2D eigenvalue weighted by Crippen LogP contribution is 2.28. The van der Waals surface area contributed by atoms with E-state index in [1.54, 1.807) is 16.4 Å². The molecule has 4 nitrogen and oxygen atoms in total. The van der Waals surface area contributed by atoms with E-state index in [9.17, 15) is 8.42 Å². The molecular weight excluding hydrogens is 272 g/mol. The van der Waals surface area contributed by atoms with Gasteiger partial charge in [-0.1, -0.05) is 32.9 Å². The quantitative estimate of drug-likeness (QED) is 0.929. The van der Waals surface area contributed by atoms with E-state index in [2.05, 4.69) is 20.8 Å². The van der Waals surface area contributed by atoms with Gasteiger partial charge < -0.3 is 5.73 Å². The summed E-state index contributed by atoms with van der Waals surface area (Å²) in [5.74, 6) is 0. The molecule has 0 spiro atoms. The smallest absolute Gasteiger partial charge is 0.243 e. The van der Waals surface area contributed by atoms with Crippen molar-refractivity contribution in [2.75, 3.05) is 13.1 Å². The largest absolute Gasteiger partial charge is 0.329 e. The van der Waals surface area contributed by atoms with Crippen LogP contribution in [0.1, 0.15) is 39.2 Å². The zero-order valence-electron chi connectivity index (χ0n) is 12.5. The predicted molar refractivity (Wildman–Crippen MR) is 81.1 cm³/mol. The summed E-state index contributed by atoms with van der Waals surface area (Å²) in [7, 11) is -3.41. The van der Waals surface area contributed by atoms with Crippen molar-refractivity contribution in [1.29, 1.82) is 0 Å². The van der Waals surface area contributed by atoms with Gasteiger partial charge in [-0.3, -0.25) is 0 Å². The van der Waals surface area contributed by atoms with Crippen LogP contribution in [-0.2, 0) is 15.4 Å². The van der Waals surface area contributed by atoms with Gasteiger partial charge in [0.15, 0.2) is 0 Å². The van der Waals surface area contributed by atoms with Crippen molar-refractivity contribution < 1.29 is 8.42 Å². The standard InChI is InChI=1S/C15H24N2O2S/c1-15(2,3)12-6-8-14(9-7-12)20(18,19)17-10-4-5-13(17)11-16/h6-9,13H,4-5,10-11,16H2,1-3H3. The molecule has 0 radical (unpaired) electrons. The van der Waals surface area contributed by atoms with Gasteiger partial charge >= 0.3 is 0 Å². The molecular formula is C15H24N2O2S. The molecule has 0 aromatic heterocycles. The summed E-state index contributed by atoms with van der Waals surface area (Å²) >= 11 is 0. The van der Waals surface area contributed by atoms with Gasteiger partial charge in [0.05, 0.1) is 4.90 Å². The highest BCUT2D eigenvalue weighted by atomic mass is 32.2. The third-order valence-electron chi connectivity index (χ3n) is 3.92. The van der Waals surface area contributed by atoms with Gasteiger partial charge in [0.25, 0.3) is 0 Å². The van der Waals surface area contributed by atoms with Crippen LogP contribution in [0.15, 0.2) is 29.2 Å². The number of rotatable bonds is 3. The molecule has 1 unspecified atom stereocenters. The molecule has 0 aliphatic carbocycles. The lowest BCUT2D eigenvalue weighted by Gasteiger charge is -2.24. The molecule has 0 amide bonds. The van der Waals surface area contributed by atoms with E-state index >= 15 is 0 Å². The summed E-state index contributed by atoms with van der Waals surface area (Å²) in [4.78, 5) is 0.367. The Morgan fingerprint density at radius 1 is 1.25 bits per heavy atom. The second kappa shape index (κ2) is 5.47. The fourth-order valence-electron chi connectivity index (χ4n) is 2.62. The molecule has 1 heterocycles. The van der Waals surface area contributed by atoms with E-state index in [-0.39, 0.29) is 11.5 Å². The average molecular weight is 296 g/mol. The molecule has 1 aromatic rings. The lowest BCUT2D eigenvalue weighted by molar-refractivity contribution is 0.393. The minimum Gasteiger partial charge on any atom is -0.329 e. The number of nitrogens with two attached hydrogens (primary N) is 1. The number of hydrogen-bond donors (Lipinski definition) is 1. The number of hydrogen-bond acceptors (Lipinski definition) is 3. The van der Waals surface area contributed by atoms with Crippen LogP contribution in [0, 0.1) is 0 Å². The topological polar surface area (TPSA) is 63.4 Å². The molecule has 1 fully saturated rings. The molecule has 5 heteroatoms. The maximum Gasteiger partial charge on any atom is 0.243 e. The highest BCUT2D eigenvalue weighted by Gasteiger charge is 2.34. The Kier molecular flexibility index (Phi) is 4.23. The van der Waals surface area contributed by atoms with Crippen LogP contribution in [-0.4, -0.2) is 31.9 Å². The van der Waals surface area contributed by atoms with Crippen molar-refractivity contribution in [3.05, 3.63) is 29.8 Å². The molecule has 112 valence electrons. The average Bonchev–Trinajstić information content (AvgIpc) is 2.87. The zero-order chi connectivity index (χ0) is 15.0. The molecule has 1 aromatic carbocycles. The summed E-state index contributed by atoms with van der Waals surface area (Å²) in [5.41, 5.74) is 6.83. The second-order valence-corrected chi connectivity index (χ2v) is 8.31. The minimum atomic E-state index is -3.41. The fraction of sp³-hybridized carbons (Fsp3) is 0.600. The summed E-state index contributed by atoms with van der Waals surface area (Å²) in [6, 6.07) is 7.17. The van der Waals surface area contributed by atoms with Crippen LogP contribution in [0.5, 0.6) is 0 Å². The Balaban J connectivity index is 2.31. The van der Waals surface area contributed by atoms with Crippen molar-refractivity contribution in [3.63, 3.8) is 0 Å². The fourth-order valence-corrected chi connectivity index (χ4v) is 4.33. The van der Waals surface area contributed by atoms with Crippen molar-refractivity contribution in [2.24, 2.45) is 5.73 Å². The number of benzene rings is 1. The van der Waals surface area contributed by atoms with E-state index in [0.29, 0.717) is 18.0 Å². The van der Waals surface area contributed by atoms with E-state index in [4.69, 9.17) is 5.73 Å². The lowest BCUT2D eigenvalue weighted by atomic mass is 9.87. The molecule has 20 heavy (non-hydrogen) atoms. The zero-order valence-corrected chi connectivity index (χ0v) is 13.3. The van der Waals surface area contributed by atoms with Crippen molar-refractivity contribution in [1.82, 2.24) is 4.31 Å². The number of nitrogens with zero attached hydrogens (tertiary/aromatic N) is 1. The second-order valence-electron chi connectivity index (χ2n) is 6.42. The molecule has 0 saturated carbocycles. The lowest BCUT2D eigenvalue weighted by Crippen LogP contribution is -2.39. The van der Waals surface area contributed by atoms with Crippen LogP contribution >= 0.6 is 0 Å². The van der Waals surface area contributed by atoms with Crippen LogP contribution in [0.3, 0.4) is 0 Å². The van der Waals surface area contributed by atoms with E-state index in [1.165, 1.54) is 0 Å². The summed E-state index contributed by atoms with van der Waals surface area (Å²) in [5, 5.41) is 0. The summed E-state index contributed by atoms with van der Waals surface area (Å²) in [6.07, 6.45) is 1.75. The Morgan fingerprint density at radius 3 is 2.35 bits per heavy atom. The maximum absolute atomic E-state index is 12.6. The van der Waals surface area contributed by atoms with Crippen LogP contribution in [0.2, 0.25) is 0 Å². The van der Waals surface area contributed by atoms with E-state index < -0.39 is 10.0 Å². The molecule has 2 N–H and O–H groups in total. The Hall–Kier alpha value is -0.910. The monoisotopic (exact) mass is 296 g/mol. The Morgan fingerprint density at radius 2 is 1.85 bits per heavy atom. The first kappa shape index (κ1) is 15.5. The highest BCUT2D eigenvalue weighted by molar-refractivity contribution is 7.89. The predicted octanol–water partition coefficient (Wildman–Crippen LogP) is 2.10. The minimum absolute atomic E-state index is 0.0235. The van der Waals surface area contributed by atoms with Gasteiger partial charge in [-0.2, -0.15) is 4.31 Å². The van der Waals surface area contributed by atoms with Gasteiger partial charge in [0.1, 0.15) is 0 Å². The van der Waals surface area contributed by atoms with Gasteiger partial charge in [-0.25, -0.2) is 8.42 Å². The van der Waals surface area contributed by atoms with Gasteiger partial charge in [-0.05, 0) is 36.0 Å². The Bertz CT molecular complexity index is 559. The SMILES string of the molecule is CC(C)(C)c1ccc(S(=O)(=O)N2CCCC2CN)cc1. The summed E-state index contributed by atoms with van der Waals surface area (Å²) < 4.78 is 26.8. The third-order valence-corrected chi connectivity index (χ3v) is 5.89. The van der Waals surface area contributed by atoms with Crippen LogP contribution in [0.25, 0.3) is 0 Å². The maximum atomic E-state index is 12.6. The van der Waals surface area contributed by atoms with Crippen molar-refractivity contribution in [2.45, 2.75) is 50.0 Å². The van der Waals surface area contributed by atoms with Crippen molar-refractivity contribution >= 4 is 10.0 Å². The molecule has 0 bridgehead atoms. The van der Waals surface area contributed by atoms with E-state index in [0.717, 1.165) is 18.4 Å². The van der Waals surface area contributed by atoms with Crippen molar-refractivity contribution in [3.8, 4) is 0 Å². The molecule has 1 aliphatic heterocycles. The molecule has 1 saturated heterocycles. The van der Waals surface area contributed by atoms with E-state index in [1.807, 2.05) is 12.1 Å². The molecule has 1 atom stereocenters. The van der Waals surface area contributed by atoms with Gasteiger partial charge in [-0.15, -0.1) is 0 Å². The first-order valence-electron chi connectivity index (χ1n) is 7.09. The normalized spacial score (nSPS) is 21.3. The Labute approximate surface area is 122 Å². The first-order valence-corrected chi connectivity index (χ1v) is 8.53. The number of sulfonamides is 1. The first-order chi connectivity index (χ1) is 9.26. The third kappa shape index (κ3) is 2.90.